The van der Waals surface area contributed by atoms with Crippen LogP contribution in [0.3, 0.4) is 0 Å². The number of nitrogens with zero attached hydrogens (tertiary/aromatic N) is 3. The van der Waals surface area contributed by atoms with Crippen molar-refractivity contribution in [1.29, 1.82) is 0 Å². The van der Waals surface area contributed by atoms with E-state index in [0.717, 1.165) is 37.7 Å². The van der Waals surface area contributed by atoms with E-state index in [1.165, 1.54) is 27.4 Å². The average molecular weight is 385 g/mol. The molecule has 26 heavy (non-hydrogen) atoms. The van der Waals surface area contributed by atoms with Gasteiger partial charge in [0.1, 0.15) is 5.01 Å². The Morgan fingerprint density at radius 3 is 2.73 bits per heavy atom. The zero-order valence-electron chi connectivity index (χ0n) is 15.2. The van der Waals surface area contributed by atoms with Crippen LogP contribution in [0.2, 0.25) is 0 Å². The van der Waals surface area contributed by atoms with E-state index in [9.17, 15) is 0 Å². The van der Waals surface area contributed by atoms with Gasteiger partial charge in [-0.15, -0.1) is 11.3 Å². The van der Waals surface area contributed by atoms with Gasteiger partial charge in [-0.1, -0.05) is 0 Å². The zero-order valence-corrected chi connectivity index (χ0v) is 16.9. The summed E-state index contributed by atoms with van der Waals surface area (Å²) in [5.41, 5.74) is 5.05. The molecular weight excluding hydrogens is 360 g/mol. The number of thiophene rings is 1. The van der Waals surface area contributed by atoms with Crippen molar-refractivity contribution in [2.75, 3.05) is 43.4 Å². The number of benzene rings is 1. The molecule has 1 N–H and O–H groups in total. The zero-order chi connectivity index (χ0) is 17.9. The number of aryl methyl sites for hydroxylation is 1. The SMILES string of the molecule is Cc1cc(N2CCN(C)CC2)ccc1NCc1cnc(-c2ccsc2)s1. The van der Waals surface area contributed by atoms with Crippen LogP contribution in [-0.2, 0) is 6.54 Å². The maximum Gasteiger partial charge on any atom is 0.124 e. The van der Waals surface area contributed by atoms with Gasteiger partial charge in [0.15, 0.2) is 0 Å². The quantitative estimate of drug-likeness (QED) is 0.700. The number of hydrogen-bond acceptors (Lipinski definition) is 6. The summed E-state index contributed by atoms with van der Waals surface area (Å²) in [4.78, 5) is 10.7. The highest BCUT2D eigenvalue weighted by molar-refractivity contribution is 7.15. The molecule has 3 aromatic rings. The van der Waals surface area contributed by atoms with Crippen molar-refractivity contribution in [3.63, 3.8) is 0 Å². The molecule has 0 aliphatic carbocycles. The molecule has 2 aromatic heterocycles. The molecule has 0 radical (unpaired) electrons. The van der Waals surface area contributed by atoms with Crippen LogP contribution in [0.4, 0.5) is 11.4 Å². The predicted molar refractivity (Wildman–Crippen MR) is 114 cm³/mol. The first-order valence-corrected chi connectivity index (χ1v) is 10.7. The highest BCUT2D eigenvalue weighted by Gasteiger charge is 2.15. The van der Waals surface area contributed by atoms with E-state index in [-0.39, 0.29) is 0 Å². The molecule has 0 amide bonds. The number of nitrogens with one attached hydrogen (secondary N) is 1. The van der Waals surface area contributed by atoms with E-state index >= 15 is 0 Å². The lowest BCUT2D eigenvalue weighted by molar-refractivity contribution is 0.313. The van der Waals surface area contributed by atoms with Gasteiger partial charge in [-0.2, -0.15) is 11.3 Å². The third-order valence-electron chi connectivity index (χ3n) is 4.85. The van der Waals surface area contributed by atoms with Gasteiger partial charge in [-0.05, 0) is 49.2 Å². The van der Waals surface area contributed by atoms with Crippen molar-refractivity contribution in [2.45, 2.75) is 13.5 Å². The molecule has 0 bridgehead atoms. The first-order valence-electron chi connectivity index (χ1n) is 8.94. The molecule has 1 aliphatic heterocycles. The normalized spacial score (nSPS) is 15.4. The Morgan fingerprint density at radius 1 is 1.15 bits per heavy atom. The molecule has 0 saturated carbocycles. The Hall–Kier alpha value is -1.89. The summed E-state index contributed by atoms with van der Waals surface area (Å²) in [5, 5.41) is 8.92. The number of anilines is 2. The Kier molecular flexibility index (Phi) is 5.24. The molecule has 4 nitrogen and oxygen atoms in total. The number of aromatic nitrogens is 1. The van der Waals surface area contributed by atoms with Crippen molar-refractivity contribution in [3.8, 4) is 10.6 Å². The Morgan fingerprint density at radius 2 is 2.00 bits per heavy atom. The fourth-order valence-electron chi connectivity index (χ4n) is 3.20. The summed E-state index contributed by atoms with van der Waals surface area (Å²) in [7, 11) is 2.19. The molecule has 4 rings (SSSR count). The second kappa shape index (κ2) is 7.78. The molecular formula is C20H24N4S2. The molecule has 0 spiro atoms. The minimum absolute atomic E-state index is 0.816. The van der Waals surface area contributed by atoms with Crippen LogP contribution in [0.1, 0.15) is 10.4 Å². The highest BCUT2D eigenvalue weighted by Crippen LogP contribution is 2.28. The van der Waals surface area contributed by atoms with Crippen molar-refractivity contribution < 1.29 is 0 Å². The third kappa shape index (κ3) is 3.92. The third-order valence-corrected chi connectivity index (χ3v) is 6.58. The fourth-order valence-corrected chi connectivity index (χ4v) is 4.76. The van der Waals surface area contributed by atoms with Crippen molar-refractivity contribution in [3.05, 3.63) is 51.7 Å². The van der Waals surface area contributed by atoms with Crippen molar-refractivity contribution >= 4 is 34.0 Å². The number of piperazine rings is 1. The van der Waals surface area contributed by atoms with Crippen LogP contribution in [0, 0.1) is 6.92 Å². The number of thiazole rings is 1. The molecule has 1 fully saturated rings. The van der Waals surface area contributed by atoms with E-state index in [1.54, 1.807) is 22.7 Å². The molecule has 6 heteroatoms. The monoisotopic (exact) mass is 384 g/mol. The van der Waals surface area contributed by atoms with Gasteiger partial charge < -0.3 is 15.1 Å². The number of likely N-dealkylation sites (N-methyl/N-ethyl adjacent to an activating group) is 1. The minimum Gasteiger partial charge on any atom is -0.380 e. The van der Waals surface area contributed by atoms with Crippen LogP contribution >= 0.6 is 22.7 Å². The van der Waals surface area contributed by atoms with Gasteiger partial charge in [0.05, 0.1) is 6.54 Å². The number of hydrogen-bond donors (Lipinski definition) is 1. The lowest BCUT2D eigenvalue weighted by Crippen LogP contribution is -2.44. The highest BCUT2D eigenvalue weighted by atomic mass is 32.1. The van der Waals surface area contributed by atoms with Crippen molar-refractivity contribution in [1.82, 2.24) is 9.88 Å². The largest absolute Gasteiger partial charge is 0.380 e. The van der Waals surface area contributed by atoms with Gasteiger partial charge in [-0.25, -0.2) is 4.98 Å². The molecule has 1 aliphatic rings. The Balaban J connectivity index is 1.39. The van der Waals surface area contributed by atoms with E-state index in [1.807, 2.05) is 6.20 Å². The van der Waals surface area contributed by atoms with Crippen LogP contribution in [-0.4, -0.2) is 43.1 Å². The average Bonchev–Trinajstić information content (AvgIpc) is 3.33. The standard InChI is InChI=1S/C20H24N4S2/c1-15-11-17(24-8-6-23(2)7-9-24)3-4-19(15)21-12-18-13-22-20(26-18)16-5-10-25-14-16/h3-5,10-11,13-14,21H,6-9,12H2,1-2H3. The van der Waals surface area contributed by atoms with Crippen molar-refractivity contribution in [2.24, 2.45) is 0 Å². The molecule has 136 valence electrons. The van der Waals surface area contributed by atoms with Gasteiger partial charge in [0.2, 0.25) is 0 Å². The van der Waals surface area contributed by atoms with E-state index < -0.39 is 0 Å². The summed E-state index contributed by atoms with van der Waals surface area (Å²) in [6.45, 7) is 7.49. The summed E-state index contributed by atoms with van der Waals surface area (Å²) in [6.07, 6.45) is 1.98. The summed E-state index contributed by atoms with van der Waals surface area (Å²) < 4.78 is 0. The second-order valence-electron chi connectivity index (χ2n) is 6.79. The first-order chi connectivity index (χ1) is 12.7. The number of rotatable bonds is 5. The first kappa shape index (κ1) is 17.5. The van der Waals surface area contributed by atoms with E-state index in [0.29, 0.717) is 0 Å². The smallest absolute Gasteiger partial charge is 0.124 e. The Bertz CT molecular complexity index is 849. The van der Waals surface area contributed by atoms with Gasteiger partial charge in [0.25, 0.3) is 0 Å². The topological polar surface area (TPSA) is 31.4 Å². The lowest BCUT2D eigenvalue weighted by Gasteiger charge is -2.34. The van der Waals surface area contributed by atoms with E-state index in [2.05, 4.69) is 69.1 Å². The summed E-state index contributed by atoms with van der Waals surface area (Å²) in [5.74, 6) is 0. The molecule has 3 heterocycles. The van der Waals surface area contributed by atoms with Crippen LogP contribution < -0.4 is 10.2 Å². The van der Waals surface area contributed by atoms with Crippen LogP contribution in [0.5, 0.6) is 0 Å². The molecule has 0 atom stereocenters. The van der Waals surface area contributed by atoms with Gasteiger partial charge >= 0.3 is 0 Å². The summed E-state index contributed by atoms with van der Waals surface area (Å²) in [6, 6.07) is 8.88. The predicted octanol–water partition coefficient (Wildman–Crippen LogP) is 4.54. The van der Waals surface area contributed by atoms with Gasteiger partial charge in [-0.3, -0.25) is 0 Å². The van der Waals surface area contributed by atoms with E-state index in [4.69, 9.17) is 0 Å². The van der Waals surface area contributed by atoms with Crippen LogP contribution in [0.15, 0.2) is 41.2 Å². The molecule has 1 aromatic carbocycles. The molecule has 0 unspecified atom stereocenters. The lowest BCUT2D eigenvalue weighted by atomic mass is 10.1. The Labute approximate surface area is 163 Å². The van der Waals surface area contributed by atoms with Gasteiger partial charge in [0, 0.05) is 59.6 Å². The minimum atomic E-state index is 0.816. The molecule has 1 saturated heterocycles. The maximum atomic E-state index is 4.55. The summed E-state index contributed by atoms with van der Waals surface area (Å²) >= 11 is 3.48. The second-order valence-corrected chi connectivity index (χ2v) is 8.68. The van der Waals surface area contributed by atoms with Crippen LogP contribution in [0.25, 0.3) is 10.6 Å². The maximum absolute atomic E-state index is 4.55. The fraction of sp³-hybridized carbons (Fsp3) is 0.350.